The molecule has 1 saturated carbocycles. The number of hydrogen-bond donors (Lipinski definition) is 2. The van der Waals surface area contributed by atoms with Gasteiger partial charge in [-0.05, 0) is 18.9 Å². The molecule has 7 heteroatoms. The zero-order valence-electron chi connectivity index (χ0n) is 11.5. The van der Waals surface area contributed by atoms with Crippen molar-refractivity contribution >= 4 is 5.91 Å². The molecule has 1 aliphatic heterocycles. The van der Waals surface area contributed by atoms with Crippen molar-refractivity contribution in [2.75, 3.05) is 13.1 Å². The lowest BCUT2D eigenvalue weighted by molar-refractivity contribution is 0.0381. The van der Waals surface area contributed by atoms with E-state index < -0.39 is 5.60 Å². The van der Waals surface area contributed by atoms with Gasteiger partial charge in [0.1, 0.15) is 17.1 Å². The van der Waals surface area contributed by atoms with E-state index in [1.165, 1.54) is 6.20 Å². The maximum atomic E-state index is 12.6. The predicted octanol–water partition coefficient (Wildman–Crippen LogP) is 1.01. The summed E-state index contributed by atoms with van der Waals surface area (Å²) in [5, 5.41) is 20.8. The molecule has 7 nitrogen and oxygen atoms in total. The number of rotatable bonds is 3. The summed E-state index contributed by atoms with van der Waals surface area (Å²) in [5.74, 6) is 1.10. The first-order chi connectivity index (χ1) is 10.2. The van der Waals surface area contributed by atoms with Gasteiger partial charge in [-0.15, -0.1) is 0 Å². The monoisotopic (exact) mass is 288 g/mol. The molecule has 1 atom stereocenters. The van der Waals surface area contributed by atoms with E-state index in [0.29, 0.717) is 30.1 Å². The molecule has 3 heterocycles. The molecular formula is C14H16N4O3. The highest BCUT2D eigenvalue weighted by Gasteiger charge is 2.43. The van der Waals surface area contributed by atoms with Crippen molar-refractivity contribution < 1.29 is 14.3 Å². The van der Waals surface area contributed by atoms with Crippen LogP contribution in [0.2, 0.25) is 0 Å². The molecule has 1 saturated heterocycles. The quantitative estimate of drug-likeness (QED) is 0.878. The van der Waals surface area contributed by atoms with Gasteiger partial charge in [-0.1, -0.05) is 0 Å². The van der Waals surface area contributed by atoms with Gasteiger partial charge in [0.15, 0.2) is 0 Å². The lowest BCUT2D eigenvalue weighted by Crippen LogP contribution is -2.34. The minimum atomic E-state index is -1.12. The van der Waals surface area contributed by atoms with Crippen molar-refractivity contribution in [3.63, 3.8) is 0 Å². The molecule has 2 aliphatic rings. The average Bonchev–Trinajstić information content (AvgIpc) is 2.95. The van der Waals surface area contributed by atoms with Crippen molar-refractivity contribution in [1.29, 1.82) is 0 Å². The molecule has 0 aromatic carbocycles. The number of carbonyl (C=O) groups excluding carboxylic acids is 1. The van der Waals surface area contributed by atoms with E-state index in [2.05, 4.69) is 15.4 Å². The van der Waals surface area contributed by atoms with E-state index in [1.54, 1.807) is 17.2 Å². The maximum absolute atomic E-state index is 12.6. The standard InChI is InChI=1S/C14H16N4O3/c19-13(10-3-6-21-12(10)9-1-2-9)18-5-4-14(20,8-18)11-7-15-17-16-11/h3,6-7,9,20H,1-2,4-5,8H2,(H,15,16,17). The third-order valence-corrected chi connectivity index (χ3v) is 4.30. The Labute approximate surface area is 120 Å². The summed E-state index contributed by atoms with van der Waals surface area (Å²) in [7, 11) is 0. The summed E-state index contributed by atoms with van der Waals surface area (Å²) < 4.78 is 5.46. The van der Waals surface area contributed by atoms with Gasteiger partial charge in [-0.3, -0.25) is 4.79 Å². The fourth-order valence-corrected chi connectivity index (χ4v) is 2.93. The van der Waals surface area contributed by atoms with Crippen molar-refractivity contribution in [3.8, 4) is 0 Å². The number of aliphatic hydroxyl groups is 1. The van der Waals surface area contributed by atoms with Crippen molar-refractivity contribution in [1.82, 2.24) is 20.3 Å². The van der Waals surface area contributed by atoms with Gasteiger partial charge in [0.25, 0.3) is 5.91 Å². The highest BCUT2D eigenvalue weighted by atomic mass is 16.3. The fourth-order valence-electron chi connectivity index (χ4n) is 2.93. The smallest absolute Gasteiger partial charge is 0.257 e. The lowest BCUT2D eigenvalue weighted by atomic mass is 10.00. The van der Waals surface area contributed by atoms with Crippen LogP contribution in [0.1, 0.15) is 47.0 Å². The molecule has 0 spiro atoms. The van der Waals surface area contributed by atoms with Crippen molar-refractivity contribution in [2.45, 2.75) is 30.8 Å². The van der Waals surface area contributed by atoms with Crippen molar-refractivity contribution in [2.24, 2.45) is 0 Å². The van der Waals surface area contributed by atoms with Crippen LogP contribution in [0.25, 0.3) is 0 Å². The average molecular weight is 288 g/mol. The van der Waals surface area contributed by atoms with E-state index in [4.69, 9.17) is 4.42 Å². The molecule has 21 heavy (non-hydrogen) atoms. The first kappa shape index (κ1) is 12.6. The topological polar surface area (TPSA) is 95.3 Å². The number of β-amino-alcohol motifs (C(OH)–C–C–N with tert-alkyl or cyclic N) is 1. The molecule has 2 N–H and O–H groups in total. The number of aromatic amines is 1. The molecule has 1 aliphatic carbocycles. The Morgan fingerprint density at radius 1 is 1.52 bits per heavy atom. The van der Waals surface area contributed by atoms with Crippen LogP contribution in [-0.4, -0.2) is 44.4 Å². The minimum Gasteiger partial charge on any atom is -0.468 e. The molecule has 0 radical (unpaired) electrons. The molecule has 2 fully saturated rings. The number of aromatic nitrogens is 3. The van der Waals surface area contributed by atoms with E-state index in [9.17, 15) is 9.90 Å². The molecule has 110 valence electrons. The summed E-state index contributed by atoms with van der Waals surface area (Å²) in [6, 6.07) is 1.73. The number of carbonyl (C=O) groups is 1. The second-order valence-corrected chi connectivity index (χ2v) is 5.84. The number of furan rings is 1. The van der Waals surface area contributed by atoms with E-state index >= 15 is 0 Å². The van der Waals surface area contributed by atoms with Crippen LogP contribution in [0.3, 0.4) is 0 Å². The van der Waals surface area contributed by atoms with Gasteiger partial charge >= 0.3 is 0 Å². The lowest BCUT2D eigenvalue weighted by Gasteiger charge is -2.21. The zero-order valence-corrected chi connectivity index (χ0v) is 11.5. The summed E-state index contributed by atoms with van der Waals surface area (Å²) >= 11 is 0. The number of H-pyrrole nitrogens is 1. The van der Waals surface area contributed by atoms with Crippen LogP contribution in [-0.2, 0) is 5.60 Å². The van der Waals surface area contributed by atoms with Crippen LogP contribution < -0.4 is 0 Å². The molecule has 1 amide bonds. The van der Waals surface area contributed by atoms with Gasteiger partial charge in [0.05, 0.1) is 24.6 Å². The summed E-state index contributed by atoms with van der Waals surface area (Å²) in [6.45, 7) is 0.727. The third kappa shape index (κ3) is 2.04. The molecule has 0 bridgehead atoms. The van der Waals surface area contributed by atoms with Crippen LogP contribution >= 0.6 is 0 Å². The summed E-state index contributed by atoms with van der Waals surface area (Å²) in [5.41, 5.74) is -0.0131. The SMILES string of the molecule is O=C(c1ccoc1C1CC1)N1CCC(O)(c2cn[nH]n2)C1. The van der Waals surface area contributed by atoms with Gasteiger partial charge < -0.3 is 14.4 Å². The van der Waals surface area contributed by atoms with Crippen LogP contribution in [0.15, 0.2) is 22.9 Å². The third-order valence-electron chi connectivity index (χ3n) is 4.30. The fraction of sp³-hybridized carbons (Fsp3) is 0.500. The van der Waals surface area contributed by atoms with Crippen LogP contribution in [0, 0.1) is 0 Å². The second kappa shape index (κ2) is 4.42. The highest BCUT2D eigenvalue weighted by molar-refractivity contribution is 5.95. The predicted molar refractivity (Wildman–Crippen MR) is 71.5 cm³/mol. The van der Waals surface area contributed by atoms with Gasteiger partial charge in [-0.25, -0.2) is 0 Å². The Hall–Kier alpha value is -2.15. The molecule has 4 rings (SSSR count). The zero-order chi connectivity index (χ0) is 14.4. The van der Waals surface area contributed by atoms with Crippen LogP contribution in [0.4, 0.5) is 0 Å². The summed E-state index contributed by atoms with van der Waals surface area (Å²) in [4.78, 5) is 14.3. The Balaban J connectivity index is 1.55. The second-order valence-electron chi connectivity index (χ2n) is 5.84. The first-order valence-corrected chi connectivity index (χ1v) is 7.13. The Kier molecular flexibility index (Phi) is 2.65. The number of hydrogen-bond acceptors (Lipinski definition) is 5. The molecule has 2 aromatic heterocycles. The normalized spacial score (nSPS) is 25.5. The van der Waals surface area contributed by atoms with Crippen molar-refractivity contribution in [3.05, 3.63) is 35.5 Å². The van der Waals surface area contributed by atoms with E-state index in [-0.39, 0.29) is 12.5 Å². The van der Waals surface area contributed by atoms with E-state index in [0.717, 1.165) is 18.6 Å². The number of nitrogens with one attached hydrogen (secondary N) is 1. The number of likely N-dealkylation sites (tertiary alicyclic amines) is 1. The van der Waals surface area contributed by atoms with Crippen LogP contribution in [0.5, 0.6) is 0 Å². The van der Waals surface area contributed by atoms with Gasteiger partial charge in [0.2, 0.25) is 0 Å². The van der Waals surface area contributed by atoms with Gasteiger partial charge in [0, 0.05) is 18.9 Å². The maximum Gasteiger partial charge on any atom is 0.257 e. The largest absolute Gasteiger partial charge is 0.468 e. The molecule has 1 unspecified atom stereocenters. The Morgan fingerprint density at radius 2 is 2.38 bits per heavy atom. The highest BCUT2D eigenvalue weighted by Crippen LogP contribution is 2.42. The number of amides is 1. The number of nitrogens with zero attached hydrogens (tertiary/aromatic N) is 3. The Bertz CT molecular complexity index is 662. The Morgan fingerprint density at radius 3 is 3.10 bits per heavy atom. The molecular weight excluding hydrogens is 272 g/mol. The molecule has 2 aromatic rings. The van der Waals surface area contributed by atoms with Gasteiger partial charge in [-0.2, -0.15) is 15.4 Å². The first-order valence-electron chi connectivity index (χ1n) is 7.13. The van der Waals surface area contributed by atoms with E-state index in [1.807, 2.05) is 0 Å². The summed E-state index contributed by atoms with van der Waals surface area (Å²) in [6.07, 6.45) is 5.69. The minimum absolute atomic E-state index is 0.0786.